The average molecular weight is 386 g/mol. The van der Waals surface area contributed by atoms with Crippen molar-refractivity contribution in [2.75, 3.05) is 6.26 Å². The van der Waals surface area contributed by atoms with Crippen LogP contribution in [-0.4, -0.2) is 20.6 Å². The van der Waals surface area contributed by atoms with Gasteiger partial charge in [0.15, 0.2) is 9.84 Å². The molecule has 2 fully saturated rings. The van der Waals surface area contributed by atoms with Gasteiger partial charge < -0.3 is 5.73 Å². The molecule has 3 rings (SSSR count). The summed E-state index contributed by atoms with van der Waals surface area (Å²) in [5, 5.41) is 9.44. The molecule has 2 aliphatic carbocycles. The zero-order valence-electron chi connectivity index (χ0n) is 14.0. The third-order valence-electron chi connectivity index (χ3n) is 5.70. The highest BCUT2D eigenvalue weighted by Crippen LogP contribution is 2.63. The first kappa shape index (κ1) is 18.7. The summed E-state index contributed by atoms with van der Waals surface area (Å²) in [5.74, 6) is -1.23. The fourth-order valence-corrected chi connectivity index (χ4v) is 5.73. The van der Waals surface area contributed by atoms with Crippen molar-refractivity contribution in [1.82, 2.24) is 0 Å². The molecule has 2 aliphatic rings. The molecule has 2 saturated carbocycles. The minimum Gasteiger partial charge on any atom is -0.366 e. The van der Waals surface area contributed by atoms with E-state index in [1.807, 2.05) is 0 Å². The molecule has 0 spiro atoms. The van der Waals surface area contributed by atoms with Crippen LogP contribution in [0.3, 0.4) is 0 Å². The van der Waals surface area contributed by atoms with Crippen molar-refractivity contribution in [2.45, 2.75) is 48.6 Å². The molecular formula is C17H17F3N2O3S. The summed E-state index contributed by atoms with van der Waals surface area (Å²) in [5.41, 5.74) is 1.93. The number of rotatable bonds is 3. The Bertz CT molecular complexity index is 937. The molecular weight excluding hydrogens is 369 g/mol. The number of hydrogen-bond donors (Lipinski definition) is 1. The first-order valence-electron chi connectivity index (χ1n) is 8.01. The van der Waals surface area contributed by atoms with Gasteiger partial charge in [0.05, 0.1) is 27.5 Å². The number of carbonyl (C=O) groups excluding carboxylic acids is 1. The second-order valence-electron chi connectivity index (χ2n) is 7.38. The lowest BCUT2D eigenvalue weighted by atomic mass is 9.76. The van der Waals surface area contributed by atoms with E-state index in [1.54, 1.807) is 0 Å². The topological polar surface area (TPSA) is 101 Å². The first-order chi connectivity index (χ1) is 11.8. The van der Waals surface area contributed by atoms with Crippen LogP contribution in [0.25, 0.3) is 0 Å². The van der Waals surface area contributed by atoms with Gasteiger partial charge in [-0.15, -0.1) is 0 Å². The zero-order chi connectivity index (χ0) is 19.5. The van der Waals surface area contributed by atoms with Crippen LogP contribution in [0.1, 0.15) is 53.6 Å². The highest BCUT2D eigenvalue weighted by molar-refractivity contribution is 7.90. The van der Waals surface area contributed by atoms with Crippen molar-refractivity contribution in [2.24, 2.45) is 11.1 Å². The molecule has 0 unspecified atom stereocenters. The lowest BCUT2D eigenvalue weighted by molar-refractivity contribution is -0.137. The Hall–Kier alpha value is -2.08. The van der Waals surface area contributed by atoms with E-state index in [9.17, 15) is 31.6 Å². The van der Waals surface area contributed by atoms with Gasteiger partial charge in [0.25, 0.3) is 0 Å². The minimum atomic E-state index is -4.75. The number of carbonyl (C=O) groups is 1. The number of nitrogens with two attached hydrogens (primary N) is 1. The van der Waals surface area contributed by atoms with Gasteiger partial charge in [0, 0.05) is 6.26 Å². The van der Waals surface area contributed by atoms with Crippen molar-refractivity contribution >= 4 is 15.7 Å². The standard InChI is InChI=1S/C17H17F3N2O3S/c1-26(24,25)13-11(14(22)23)6-10(17(18,19)20)7-12(13)16-4-2-15(8-16,9-21)3-5-16/h6-7H,2-5,8H2,1H3,(H2,22,23). The predicted octanol–water partition coefficient (Wildman–Crippen LogP) is 2.93. The monoisotopic (exact) mass is 386 g/mol. The predicted molar refractivity (Wildman–Crippen MR) is 85.9 cm³/mol. The zero-order valence-corrected chi connectivity index (χ0v) is 14.8. The summed E-state index contributed by atoms with van der Waals surface area (Å²) in [6.07, 6.45) is -1.81. The summed E-state index contributed by atoms with van der Waals surface area (Å²) in [4.78, 5) is 11.3. The molecule has 0 aliphatic heterocycles. The number of alkyl halides is 3. The van der Waals surface area contributed by atoms with Crippen LogP contribution in [0, 0.1) is 16.7 Å². The van der Waals surface area contributed by atoms with Crippen molar-refractivity contribution in [3.63, 3.8) is 0 Å². The number of nitrogens with zero attached hydrogens (tertiary/aromatic N) is 1. The van der Waals surface area contributed by atoms with Gasteiger partial charge >= 0.3 is 6.18 Å². The van der Waals surface area contributed by atoms with E-state index >= 15 is 0 Å². The van der Waals surface area contributed by atoms with Crippen LogP contribution >= 0.6 is 0 Å². The number of nitriles is 1. The van der Waals surface area contributed by atoms with E-state index in [2.05, 4.69) is 6.07 Å². The van der Waals surface area contributed by atoms with Crippen LogP contribution in [0.4, 0.5) is 13.2 Å². The van der Waals surface area contributed by atoms with E-state index in [4.69, 9.17) is 5.73 Å². The second kappa shape index (κ2) is 5.46. The van der Waals surface area contributed by atoms with Gasteiger partial charge in [-0.05, 0) is 55.2 Å². The number of sulfone groups is 1. The number of halogens is 3. The summed E-state index contributed by atoms with van der Waals surface area (Å²) >= 11 is 0. The summed E-state index contributed by atoms with van der Waals surface area (Å²) in [6, 6.07) is 3.56. The van der Waals surface area contributed by atoms with Crippen molar-refractivity contribution in [3.8, 4) is 6.07 Å². The molecule has 2 bridgehead atoms. The minimum absolute atomic E-state index is 0.0294. The lowest BCUT2D eigenvalue weighted by Crippen LogP contribution is -2.27. The van der Waals surface area contributed by atoms with Crippen molar-refractivity contribution in [3.05, 3.63) is 28.8 Å². The van der Waals surface area contributed by atoms with Crippen LogP contribution in [0.2, 0.25) is 0 Å². The smallest absolute Gasteiger partial charge is 0.366 e. The maximum Gasteiger partial charge on any atom is 0.416 e. The lowest BCUT2D eigenvalue weighted by Gasteiger charge is -2.30. The summed E-state index contributed by atoms with van der Waals surface area (Å²) < 4.78 is 64.8. The van der Waals surface area contributed by atoms with Crippen LogP contribution in [0.15, 0.2) is 17.0 Å². The van der Waals surface area contributed by atoms with Crippen LogP contribution in [0.5, 0.6) is 0 Å². The molecule has 0 atom stereocenters. The van der Waals surface area contributed by atoms with Gasteiger partial charge in [-0.3, -0.25) is 4.79 Å². The number of fused-ring (bicyclic) bond motifs is 2. The van der Waals surface area contributed by atoms with E-state index in [1.165, 1.54) is 0 Å². The van der Waals surface area contributed by atoms with Gasteiger partial charge in [0.1, 0.15) is 0 Å². The van der Waals surface area contributed by atoms with Crippen LogP contribution < -0.4 is 5.73 Å². The largest absolute Gasteiger partial charge is 0.416 e. The van der Waals surface area contributed by atoms with E-state index in [0.29, 0.717) is 38.2 Å². The number of amides is 1. The second-order valence-corrected chi connectivity index (χ2v) is 9.34. The SMILES string of the molecule is CS(=O)(=O)c1c(C(N)=O)cc(C(F)(F)F)cc1C12CCC(C#N)(CC1)C2. The van der Waals surface area contributed by atoms with E-state index in [-0.39, 0.29) is 5.56 Å². The Morgan fingerprint density at radius 2 is 1.81 bits per heavy atom. The molecule has 0 aromatic heterocycles. The Balaban J connectivity index is 2.36. The molecule has 0 heterocycles. The average Bonchev–Trinajstić information content (AvgIpc) is 3.10. The van der Waals surface area contributed by atoms with Crippen molar-refractivity contribution < 1.29 is 26.4 Å². The van der Waals surface area contributed by atoms with Crippen molar-refractivity contribution in [1.29, 1.82) is 5.26 Å². The molecule has 140 valence electrons. The number of hydrogen-bond acceptors (Lipinski definition) is 4. The summed E-state index contributed by atoms with van der Waals surface area (Å²) in [7, 11) is -4.02. The summed E-state index contributed by atoms with van der Waals surface area (Å²) in [6.45, 7) is 0. The Labute approximate surface area is 148 Å². The Kier molecular flexibility index (Phi) is 3.93. The highest BCUT2D eigenvalue weighted by atomic mass is 32.2. The fourth-order valence-electron chi connectivity index (χ4n) is 4.49. The molecule has 0 saturated heterocycles. The van der Waals surface area contributed by atoms with E-state index < -0.39 is 48.8 Å². The van der Waals surface area contributed by atoms with Gasteiger partial charge in [-0.1, -0.05) is 0 Å². The van der Waals surface area contributed by atoms with Gasteiger partial charge in [0.2, 0.25) is 5.91 Å². The molecule has 2 N–H and O–H groups in total. The third kappa shape index (κ3) is 2.76. The Morgan fingerprint density at radius 3 is 2.19 bits per heavy atom. The third-order valence-corrected chi connectivity index (χ3v) is 6.88. The molecule has 0 radical (unpaired) electrons. The molecule has 1 aromatic carbocycles. The van der Waals surface area contributed by atoms with E-state index in [0.717, 1.165) is 12.3 Å². The maximum absolute atomic E-state index is 13.4. The highest BCUT2D eigenvalue weighted by Gasteiger charge is 2.57. The molecule has 1 aromatic rings. The maximum atomic E-state index is 13.4. The Morgan fingerprint density at radius 1 is 1.23 bits per heavy atom. The quantitative estimate of drug-likeness (QED) is 0.863. The normalized spacial score (nSPS) is 28.1. The molecule has 26 heavy (non-hydrogen) atoms. The number of primary amides is 1. The fraction of sp³-hybridized carbons (Fsp3) is 0.529. The van der Waals surface area contributed by atoms with Gasteiger partial charge in [-0.25, -0.2) is 8.42 Å². The first-order valence-corrected chi connectivity index (χ1v) is 9.90. The molecule has 9 heteroatoms. The van der Waals surface area contributed by atoms with Gasteiger partial charge in [-0.2, -0.15) is 18.4 Å². The van der Waals surface area contributed by atoms with Crippen LogP contribution in [-0.2, 0) is 21.4 Å². The number of benzene rings is 1. The molecule has 1 amide bonds. The molecule has 5 nitrogen and oxygen atoms in total.